The second-order valence-corrected chi connectivity index (χ2v) is 7.34. The summed E-state index contributed by atoms with van der Waals surface area (Å²) in [6.07, 6.45) is 3.49. The number of hydrogen-bond donors (Lipinski definition) is 1. The van der Waals surface area contributed by atoms with E-state index in [1.807, 2.05) is 22.9 Å². The summed E-state index contributed by atoms with van der Waals surface area (Å²) in [4.78, 5) is 4.81. The van der Waals surface area contributed by atoms with Crippen LogP contribution in [0.1, 0.15) is 49.3 Å². The molecule has 7 heteroatoms. The van der Waals surface area contributed by atoms with E-state index in [0.29, 0.717) is 22.4 Å². The van der Waals surface area contributed by atoms with E-state index in [4.69, 9.17) is 38.7 Å². The number of nitrogens with two attached hydrogens (primary N) is 1. The van der Waals surface area contributed by atoms with E-state index in [0.717, 1.165) is 43.0 Å². The molecule has 5 nitrogen and oxygen atoms in total. The lowest BCUT2D eigenvalue weighted by molar-refractivity contribution is 0.0480. The van der Waals surface area contributed by atoms with Gasteiger partial charge < -0.3 is 10.5 Å². The standard InChI is InChI=1S/C18H24Cl2N4O/c1-3-24-18(11-7-8-16(25-2)15(21)9-11)22-17(23-24)10-12-13(19)5-4-6-14(12)20/h4-6,11,15-16H,3,7-10,21H2,1-2H3/t11-,15+,16+/m0/s1. The maximum absolute atomic E-state index is 6.28. The Balaban J connectivity index is 1.83. The number of aromatic nitrogens is 3. The van der Waals surface area contributed by atoms with Crippen molar-refractivity contribution in [2.24, 2.45) is 5.73 Å². The number of rotatable bonds is 5. The van der Waals surface area contributed by atoms with E-state index in [1.165, 1.54) is 0 Å². The molecular weight excluding hydrogens is 359 g/mol. The zero-order chi connectivity index (χ0) is 18.0. The van der Waals surface area contributed by atoms with Gasteiger partial charge in [0, 0.05) is 42.1 Å². The number of methoxy groups -OCH3 is 1. The first-order valence-electron chi connectivity index (χ1n) is 8.68. The van der Waals surface area contributed by atoms with Crippen LogP contribution in [0.15, 0.2) is 18.2 Å². The highest BCUT2D eigenvalue weighted by molar-refractivity contribution is 6.36. The van der Waals surface area contributed by atoms with Gasteiger partial charge in [-0.3, -0.25) is 0 Å². The molecule has 0 saturated heterocycles. The van der Waals surface area contributed by atoms with Crippen molar-refractivity contribution >= 4 is 23.2 Å². The van der Waals surface area contributed by atoms with Gasteiger partial charge in [0.15, 0.2) is 5.82 Å². The van der Waals surface area contributed by atoms with Gasteiger partial charge in [-0.25, -0.2) is 9.67 Å². The largest absolute Gasteiger partial charge is 0.380 e. The molecule has 3 atom stereocenters. The molecule has 1 aliphatic rings. The predicted octanol–water partition coefficient (Wildman–Crippen LogP) is 3.81. The number of nitrogens with zero attached hydrogens (tertiary/aromatic N) is 3. The number of ether oxygens (including phenoxy) is 1. The average Bonchev–Trinajstić information content (AvgIpc) is 3.01. The fourth-order valence-corrected chi connectivity index (χ4v) is 4.11. The first-order chi connectivity index (χ1) is 12.0. The van der Waals surface area contributed by atoms with Crippen molar-refractivity contribution in [2.45, 2.75) is 57.2 Å². The SMILES string of the molecule is CCn1nc(Cc2c(Cl)cccc2Cl)nc1[C@H]1CC[C@@H](OC)[C@H](N)C1. The smallest absolute Gasteiger partial charge is 0.155 e. The second-order valence-electron chi connectivity index (χ2n) is 6.53. The molecule has 2 aromatic rings. The lowest BCUT2D eigenvalue weighted by Gasteiger charge is -2.32. The summed E-state index contributed by atoms with van der Waals surface area (Å²) in [6, 6.07) is 5.55. The lowest BCUT2D eigenvalue weighted by Crippen LogP contribution is -2.41. The van der Waals surface area contributed by atoms with Crippen molar-refractivity contribution in [3.63, 3.8) is 0 Å². The molecule has 1 aromatic carbocycles. The molecule has 2 N–H and O–H groups in total. The summed E-state index contributed by atoms with van der Waals surface area (Å²) in [5, 5.41) is 5.95. The molecule has 0 amide bonds. The molecule has 1 aliphatic carbocycles. The van der Waals surface area contributed by atoms with Gasteiger partial charge >= 0.3 is 0 Å². The highest BCUT2D eigenvalue weighted by Crippen LogP contribution is 2.33. The molecule has 3 rings (SSSR count). The third kappa shape index (κ3) is 4.00. The minimum atomic E-state index is 0.0345. The Bertz CT molecular complexity index is 714. The molecule has 1 heterocycles. The first-order valence-corrected chi connectivity index (χ1v) is 9.44. The molecule has 0 radical (unpaired) electrons. The van der Waals surface area contributed by atoms with E-state index in [9.17, 15) is 0 Å². The van der Waals surface area contributed by atoms with E-state index >= 15 is 0 Å². The first kappa shape index (κ1) is 18.6. The van der Waals surface area contributed by atoms with Gasteiger partial charge in [0.05, 0.1) is 6.10 Å². The summed E-state index contributed by atoms with van der Waals surface area (Å²) in [5.41, 5.74) is 7.13. The number of benzene rings is 1. The van der Waals surface area contributed by atoms with Gasteiger partial charge in [0.25, 0.3) is 0 Å². The molecule has 1 saturated carbocycles. The topological polar surface area (TPSA) is 66.0 Å². The minimum Gasteiger partial charge on any atom is -0.380 e. The van der Waals surface area contributed by atoms with E-state index in [2.05, 4.69) is 12.0 Å². The van der Waals surface area contributed by atoms with E-state index < -0.39 is 0 Å². The maximum atomic E-state index is 6.28. The normalized spacial score (nSPS) is 23.8. The zero-order valence-corrected chi connectivity index (χ0v) is 16.1. The summed E-state index contributed by atoms with van der Waals surface area (Å²) in [6.45, 7) is 2.85. The Hall–Kier alpha value is -1.14. The van der Waals surface area contributed by atoms with E-state index in [1.54, 1.807) is 7.11 Å². The van der Waals surface area contributed by atoms with Crippen LogP contribution in [0.25, 0.3) is 0 Å². The third-order valence-electron chi connectivity index (χ3n) is 4.94. The van der Waals surface area contributed by atoms with Gasteiger partial charge in [0.1, 0.15) is 5.82 Å². The Morgan fingerprint density at radius 2 is 2.00 bits per heavy atom. The van der Waals surface area contributed by atoms with Crippen LogP contribution >= 0.6 is 23.2 Å². The third-order valence-corrected chi connectivity index (χ3v) is 5.65. The van der Waals surface area contributed by atoms with Crippen LogP contribution in [0.3, 0.4) is 0 Å². The molecule has 136 valence electrons. The van der Waals surface area contributed by atoms with Crippen LogP contribution in [0.4, 0.5) is 0 Å². The van der Waals surface area contributed by atoms with Gasteiger partial charge in [-0.15, -0.1) is 0 Å². The van der Waals surface area contributed by atoms with Crippen molar-refractivity contribution in [1.82, 2.24) is 14.8 Å². The van der Waals surface area contributed by atoms with Crippen LogP contribution in [-0.4, -0.2) is 34.0 Å². The zero-order valence-electron chi connectivity index (χ0n) is 14.6. The molecule has 0 bridgehead atoms. The van der Waals surface area contributed by atoms with E-state index in [-0.39, 0.29) is 12.1 Å². The van der Waals surface area contributed by atoms with Crippen molar-refractivity contribution in [3.05, 3.63) is 45.5 Å². The second kappa shape index (κ2) is 8.04. The van der Waals surface area contributed by atoms with Gasteiger partial charge in [-0.2, -0.15) is 5.10 Å². The molecule has 0 unspecified atom stereocenters. The summed E-state index contributed by atoms with van der Waals surface area (Å²) in [7, 11) is 1.73. The summed E-state index contributed by atoms with van der Waals surface area (Å²) >= 11 is 12.6. The van der Waals surface area contributed by atoms with Crippen LogP contribution in [0, 0.1) is 0 Å². The lowest BCUT2D eigenvalue weighted by atomic mass is 9.83. The number of halogens is 2. The predicted molar refractivity (Wildman–Crippen MR) is 100 cm³/mol. The van der Waals surface area contributed by atoms with Crippen molar-refractivity contribution in [3.8, 4) is 0 Å². The average molecular weight is 383 g/mol. The fraction of sp³-hybridized carbons (Fsp3) is 0.556. The van der Waals surface area contributed by atoms with Crippen molar-refractivity contribution < 1.29 is 4.74 Å². The van der Waals surface area contributed by atoms with Crippen molar-refractivity contribution in [1.29, 1.82) is 0 Å². The van der Waals surface area contributed by atoms with Crippen LogP contribution < -0.4 is 5.73 Å². The monoisotopic (exact) mass is 382 g/mol. The number of aryl methyl sites for hydroxylation is 1. The Kier molecular flexibility index (Phi) is 6.00. The van der Waals surface area contributed by atoms with Crippen LogP contribution in [0.2, 0.25) is 10.0 Å². The number of hydrogen-bond acceptors (Lipinski definition) is 4. The molecule has 0 spiro atoms. The highest BCUT2D eigenvalue weighted by atomic mass is 35.5. The molecule has 25 heavy (non-hydrogen) atoms. The quantitative estimate of drug-likeness (QED) is 0.853. The van der Waals surface area contributed by atoms with Crippen molar-refractivity contribution in [2.75, 3.05) is 7.11 Å². The highest BCUT2D eigenvalue weighted by Gasteiger charge is 2.31. The Labute approximate surface area is 158 Å². The fourth-order valence-electron chi connectivity index (χ4n) is 3.58. The maximum Gasteiger partial charge on any atom is 0.155 e. The summed E-state index contributed by atoms with van der Waals surface area (Å²) < 4.78 is 7.43. The molecular formula is C18H24Cl2N4O. The van der Waals surface area contributed by atoms with Gasteiger partial charge in [0.2, 0.25) is 0 Å². The van der Waals surface area contributed by atoms with Crippen LogP contribution in [0.5, 0.6) is 0 Å². The van der Waals surface area contributed by atoms with Crippen LogP contribution in [-0.2, 0) is 17.7 Å². The Morgan fingerprint density at radius 1 is 1.28 bits per heavy atom. The van der Waals surface area contributed by atoms with Gasteiger partial charge in [-0.1, -0.05) is 29.3 Å². The molecule has 0 aliphatic heterocycles. The Morgan fingerprint density at radius 3 is 2.60 bits per heavy atom. The summed E-state index contributed by atoms with van der Waals surface area (Å²) in [5.74, 6) is 2.06. The molecule has 1 aromatic heterocycles. The molecule has 1 fully saturated rings. The van der Waals surface area contributed by atoms with Gasteiger partial charge in [-0.05, 0) is 43.9 Å². The minimum absolute atomic E-state index is 0.0345.